The monoisotopic (exact) mass is 298 g/mol. The van der Waals surface area contributed by atoms with Gasteiger partial charge in [-0.2, -0.15) is 0 Å². The molecule has 0 radical (unpaired) electrons. The van der Waals surface area contributed by atoms with Crippen molar-refractivity contribution < 1.29 is 9.15 Å². The Morgan fingerprint density at radius 3 is 3.00 bits per heavy atom. The number of rotatable bonds is 2. The molecule has 2 aliphatic heterocycles. The quantitative estimate of drug-likeness (QED) is 0.851. The van der Waals surface area contributed by atoms with E-state index in [2.05, 4.69) is 28.9 Å². The molecule has 2 aromatic rings. The van der Waals surface area contributed by atoms with E-state index in [9.17, 15) is 0 Å². The molecule has 2 aliphatic rings. The molecule has 1 fully saturated rings. The molecule has 4 nitrogen and oxygen atoms in total. The highest BCUT2D eigenvalue weighted by atomic mass is 16.5. The molecule has 22 heavy (non-hydrogen) atoms. The topological polar surface area (TPSA) is 38.5 Å². The Balaban J connectivity index is 1.61. The summed E-state index contributed by atoms with van der Waals surface area (Å²) in [5.74, 6) is 1.75. The molecule has 0 bridgehead atoms. The van der Waals surface area contributed by atoms with Crippen molar-refractivity contribution in [2.24, 2.45) is 0 Å². The predicted octanol–water partition coefficient (Wildman–Crippen LogP) is 3.44. The van der Waals surface area contributed by atoms with E-state index in [1.807, 2.05) is 13.1 Å². The molecule has 0 saturated carbocycles. The number of hydrogen-bond donors (Lipinski definition) is 0. The minimum absolute atomic E-state index is 0.0610. The molecule has 0 N–H and O–H groups in total. The van der Waals surface area contributed by atoms with Gasteiger partial charge in [0.1, 0.15) is 11.4 Å². The van der Waals surface area contributed by atoms with Crippen LogP contribution < -0.4 is 4.74 Å². The number of hydrogen-bond acceptors (Lipinski definition) is 4. The summed E-state index contributed by atoms with van der Waals surface area (Å²) in [7, 11) is 0. The van der Waals surface area contributed by atoms with Crippen molar-refractivity contribution in [1.82, 2.24) is 9.88 Å². The smallest absolute Gasteiger partial charge is 0.217 e. The van der Waals surface area contributed by atoms with Gasteiger partial charge in [0.25, 0.3) is 0 Å². The van der Waals surface area contributed by atoms with E-state index >= 15 is 0 Å². The number of nitrogens with zero attached hydrogens (tertiary/aromatic N) is 2. The van der Waals surface area contributed by atoms with Crippen LogP contribution in [0, 0.1) is 6.92 Å². The Labute approximate surface area is 131 Å². The van der Waals surface area contributed by atoms with Gasteiger partial charge in [0.15, 0.2) is 0 Å². The van der Waals surface area contributed by atoms with Crippen LogP contribution in [0.5, 0.6) is 5.88 Å². The highest BCUT2D eigenvalue weighted by Crippen LogP contribution is 2.40. The van der Waals surface area contributed by atoms with Crippen molar-refractivity contribution in [2.45, 2.75) is 38.7 Å². The lowest BCUT2D eigenvalue weighted by Crippen LogP contribution is -2.51. The second-order valence-electron chi connectivity index (χ2n) is 6.57. The predicted molar refractivity (Wildman–Crippen MR) is 85.1 cm³/mol. The summed E-state index contributed by atoms with van der Waals surface area (Å²) in [6.07, 6.45) is 6.98. The van der Waals surface area contributed by atoms with Gasteiger partial charge >= 0.3 is 0 Å². The van der Waals surface area contributed by atoms with Crippen LogP contribution in [0.25, 0.3) is 11.1 Å². The van der Waals surface area contributed by atoms with Crippen molar-refractivity contribution in [3.8, 4) is 17.0 Å². The molecular formula is C18H22N2O2. The average molecular weight is 298 g/mol. The van der Waals surface area contributed by atoms with E-state index in [1.54, 1.807) is 6.26 Å². The van der Waals surface area contributed by atoms with Crippen LogP contribution in [0.15, 0.2) is 29.0 Å². The molecule has 0 aliphatic carbocycles. The zero-order chi connectivity index (χ0) is 15.2. The lowest BCUT2D eigenvalue weighted by Gasteiger charge is -2.38. The SMILES string of the molecule is CCN1CCC[C@]2(Cc3cc(-c4coc(C)c4)cnc3O2)C1. The van der Waals surface area contributed by atoms with E-state index in [4.69, 9.17) is 9.15 Å². The van der Waals surface area contributed by atoms with Crippen molar-refractivity contribution in [1.29, 1.82) is 0 Å². The maximum absolute atomic E-state index is 6.29. The van der Waals surface area contributed by atoms with E-state index in [0.29, 0.717) is 0 Å². The standard InChI is InChI=1S/C18H22N2O2/c1-3-20-6-4-5-18(12-20)9-14-8-15(10-19-17(14)22-18)16-7-13(2)21-11-16/h7-8,10-11H,3-6,9,12H2,1-2H3/t18-/m0/s1. The maximum Gasteiger partial charge on any atom is 0.217 e. The van der Waals surface area contributed by atoms with Crippen LogP contribution in [0.4, 0.5) is 0 Å². The summed E-state index contributed by atoms with van der Waals surface area (Å²) in [6.45, 7) is 7.47. The molecule has 0 unspecified atom stereocenters. The van der Waals surface area contributed by atoms with Crippen LogP contribution >= 0.6 is 0 Å². The second kappa shape index (κ2) is 5.13. The van der Waals surface area contributed by atoms with Crippen LogP contribution in [0.2, 0.25) is 0 Å². The molecule has 4 heteroatoms. The Kier molecular flexibility index (Phi) is 3.22. The van der Waals surface area contributed by atoms with Gasteiger partial charge in [-0.25, -0.2) is 4.98 Å². The maximum atomic E-state index is 6.29. The third-order valence-corrected chi connectivity index (χ3v) is 4.88. The van der Waals surface area contributed by atoms with E-state index < -0.39 is 0 Å². The van der Waals surface area contributed by atoms with Crippen LogP contribution in [-0.2, 0) is 6.42 Å². The minimum atomic E-state index is -0.0610. The first-order valence-corrected chi connectivity index (χ1v) is 8.13. The normalized spacial score (nSPS) is 24.5. The summed E-state index contributed by atoms with van der Waals surface area (Å²) < 4.78 is 11.7. The number of fused-ring (bicyclic) bond motifs is 1. The molecule has 1 saturated heterocycles. The zero-order valence-corrected chi connectivity index (χ0v) is 13.3. The first kappa shape index (κ1) is 13.8. The van der Waals surface area contributed by atoms with Gasteiger partial charge in [0.2, 0.25) is 5.88 Å². The Bertz CT molecular complexity index is 694. The van der Waals surface area contributed by atoms with E-state index in [1.165, 1.54) is 18.5 Å². The number of ether oxygens (including phenoxy) is 1. The summed E-state index contributed by atoms with van der Waals surface area (Å²) in [5.41, 5.74) is 3.37. The van der Waals surface area contributed by atoms with Gasteiger partial charge in [-0.1, -0.05) is 6.92 Å². The lowest BCUT2D eigenvalue weighted by atomic mass is 9.88. The van der Waals surface area contributed by atoms with Gasteiger partial charge in [-0.15, -0.1) is 0 Å². The molecule has 0 amide bonds. The summed E-state index contributed by atoms with van der Waals surface area (Å²) in [5, 5.41) is 0. The molecule has 1 spiro atoms. The Hall–Kier alpha value is -1.81. The third kappa shape index (κ3) is 2.31. The highest BCUT2D eigenvalue weighted by Gasteiger charge is 2.43. The lowest BCUT2D eigenvalue weighted by molar-refractivity contribution is 0.00781. The molecule has 4 heterocycles. The van der Waals surface area contributed by atoms with Gasteiger partial charge < -0.3 is 9.15 Å². The van der Waals surface area contributed by atoms with Crippen LogP contribution in [-0.4, -0.2) is 35.1 Å². The Morgan fingerprint density at radius 2 is 2.23 bits per heavy atom. The number of furan rings is 1. The molecule has 116 valence electrons. The summed E-state index contributed by atoms with van der Waals surface area (Å²) in [4.78, 5) is 7.04. The molecular weight excluding hydrogens is 276 g/mol. The van der Waals surface area contributed by atoms with Gasteiger partial charge in [0, 0.05) is 35.9 Å². The highest BCUT2D eigenvalue weighted by molar-refractivity contribution is 5.63. The summed E-state index contributed by atoms with van der Waals surface area (Å²) in [6, 6.07) is 4.26. The minimum Gasteiger partial charge on any atom is -0.469 e. The number of pyridine rings is 1. The van der Waals surface area contributed by atoms with Crippen molar-refractivity contribution >= 4 is 0 Å². The fourth-order valence-corrected chi connectivity index (χ4v) is 3.75. The fourth-order valence-electron chi connectivity index (χ4n) is 3.75. The molecule has 2 aromatic heterocycles. The molecule has 1 atom stereocenters. The van der Waals surface area contributed by atoms with Crippen LogP contribution in [0.3, 0.4) is 0 Å². The van der Waals surface area contributed by atoms with Crippen molar-refractivity contribution in [3.05, 3.63) is 35.9 Å². The Morgan fingerprint density at radius 1 is 1.32 bits per heavy atom. The van der Waals surface area contributed by atoms with Crippen LogP contribution in [0.1, 0.15) is 31.1 Å². The largest absolute Gasteiger partial charge is 0.469 e. The number of aryl methyl sites for hydroxylation is 1. The van der Waals surface area contributed by atoms with Gasteiger partial charge in [-0.3, -0.25) is 4.90 Å². The number of likely N-dealkylation sites (tertiary alicyclic amines) is 1. The van der Waals surface area contributed by atoms with E-state index in [0.717, 1.165) is 48.7 Å². The molecule has 0 aromatic carbocycles. The number of likely N-dealkylation sites (N-methyl/N-ethyl adjacent to an activating group) is 1. The average Bonchev–Trinajstić information content (AvgIpc) is 3.09. The number of piperidine rings is 1. The van der Waals surface area contributed by atoms with Gasteiger partial charge in [0.05, 0.1) is 6.26 Å². The first-order chi connectivity index (χ1) is 10.7. The van der Waals surface area contributed by atoms with Crippen molar-refractivity contribution in [2.75, 3.05) is 19.6 Å². The zero-order valence-electron chi connectivity index (χ0n) is 13.3. The third-order valence-electron chi connectivity index (χ3n) is 4.88. The van der Waals surface area contributed by atoms with Gasteiger partial charge in [-0.05, 0) is 45.0 Å². The summed E-state index contributed by atoms with van der Waals surface area (Å²) >= 11 is 0. The first-order valence-electron chi connectivity index (χ1n) is 8.13. The number of aromatic nitrogens is 1. The molecule has 4 rings (SSSR count). The van der Waals surface area contributed by atoms with Crippen molar-refractivity contribution in [3.63, 3.8) is 0 Å². The fraction of sp³-hybridized carbons (Fsp3) is 0.500. The van der Waals surface area contributed by atoms with E-state index in [-0.39, 0.29) is 5.60 Å². The second-order valence-corrected chi connectivity index (χ2v) is 6.57.